The zero-order valence-corrected chi connectivity index (χ0v) is 20.7. The van der Waals surface area contributed by atoms with Gasteiger partial charge in [-0.2, -0.15) is 4.98 Å². The summed E-state index contributed by atoms with van der Waals surface area (Å²) in [6.45, 7) is 0.368. The number of pyridine rings is 1. The third-order valence-corrected chi connectivity index (χ3v) is 6.48. The Morgan fingerprint density at radius 1 is 0.914 bits per heavy atom. The van der Waals surface area contributed by atoms with Crippen LogP contribution in [0.25, 0.3) is 33.2 Å². The highest BCUT2D eigenvalue weighted by Crippen LogP contribution is 2.29. The van der Waals surface area contributed by atoms with Gasteiger partial charge in [0.25, 0.3) is 0 Å². The van der Waals surface area contributed by atoms with Crippen LogP contribution < -0.4 is 10.6 Å². The quantitative estimate of drug-likeness (QED) is 0.257. The molecular weight excluding hydrogens is 528 g/mol. The van der Waals surface area contributed by atoms with Crippen LogP contribution in [0, 0.1) is 0 Å². The second-order valence-corrected chi connectivity index (χ2v) is 9.27. The van der Waals surface area contributed by atoms with Crippen molar-refractivity contribution >= 4 is 39.0 Å². The lowest BCUT2D eigenvalue weighted by Gasteiger charge is -2.06. The summed E-state index contributed by atoms with van der Waals surface area (Å²) in [5, 5.41) is 12.6. The van der Waals surface area contributed by atoms with E-state index in [9.17, 15) is 4.79 Å². The molecule has 0 aliphatic carbocycles. The van der Waals surface area contributed by atoms with Crippen LogP contribution in [-0.4, -0.2) is 32.7 Å². The molecule has 3 heterocycles. The average Bonchev–Trinajstić information content (AvgIpc) is 3.57. The Morgan fingerprint density at radius 2 is 1.66 bits per heavy atom. The first-order chi connectivity index (χ1) is 17.1. The Bertz CT molecular complexity index is 1420. The standard InChI is InChI=1S/C25H19BrN6O2S/c26-19-5-7-20(8-6-19)29-25(33)28-14-11-22-31-23(32-34-22)17-3-1-16(2-4-17)21-15-35-24(30-21)18-9-12-27-13-10-18/h1-10,12-13,15H,11,14H2,(H2,28,29,33). The van der Waals surface area contributed by atoms with Crippen molar-refractivity contribution in [2.24, 2.45) is 0 Å². The maximum Gasteiger partial charge on any atom is 0.319 e. The van der Waals surface area contributed by atoms with Crippen molar-refractivity contribution in [1.29, 1.82) is 0 Å². The minimum Gasteiger partial charge on any atom is -0.339 e. The van der Waals surface area contributed by atoms with Gasteiger partial charge in [-0.15, -0.1) is 11.3 Å². The number of anilines is 1. The van der Waals surface area contributed by atoms with E-state index >= 15 is 0 Å². The van der Waals surface area contributed by atoms with Crippen molar-refractivity contribution in [3.8, 4) is 33.2 Å². The Balaban J connectivity index is 1.16. The molecule has 0 saturated heterocycles. The Labute approximate surface area is 213 Å². The zero-order valence-electron chi connectivity index (χ0n) is 18.3. The molecule has 0 unspecified atom stereocenters. The number of urea groups is 1. The topological polar surface area (TPSA) is 106 Å². The summed E-state index contributed by atoms with van der Waals surface area (Å²) in [6.07, 6.45) is 3.95. The fourth-order valence-electron chi connectivity index (χ4n) is 3.29. The molecule has 0 spiro atoms. The summed E-state index contributed by atoms with van der Waals surface area (Å²) in [5.41, 5.74) is 4.52. The second-order valence-electron chi connectivity index (χ2n) is 7.50. The molecule has 0 atom stereocenters. The van der Waals surface area contributed by atoms with Gasteiger partial charge in [-0.1, -0.05) is 45.4 Å². The lowest BCUT2D eigenvalue weighted by Crippen LogP contribution is -2.30. The van der Waals surface area contributed by atoms with Crippen LogP contribution in [-0.2, 0) is 6.42 Å². The highest BCUT2D eigenvalue weighted by Gasteiger charge is 2.11. The van der Waals surface area contributed by atoms with E-state index in [1.165, 1.54) is 0 Å². The van der Waals surface area contributed by atoms with E-state index in [0.29, 0.717) is 30.4 Å². The largest absolute Gasteiger partial charge is 0.339 e. The number of nitrogens with one attached hydrogen (secondary N) is 2. The Kier molecular flexibility index (Phi) is 6.92. The highest BCUT2D eigenvalue weighted by molar-refractivity contribution is 9.10. The third-order valence-electron chi connectivity index (χ3n) is 5.06. The maximum absolute atomic E-state index is 12.0. The first-order valence-corrected chi connectivity index (χ1v) is 12.4. The van der Waals surface area contributed by atoms with Gasteiger partial charge >= 0.3 is 6.03 Å². The van der Waals surface area contributed by atoms with E-state index in [-0.39, 0.29) is 6.03 Å². The molecule has 0 fully saturated rings. The van der Waals surface area contributed by atoms with Crippen LogP contribution in [0.15, 0.2) is 87.4 Å². The normalized spacial score (nSPS) is 10.8. The minimum atomic E-state index is -0.295. The van der Waals surface area contributed by atoms with Crippen LogP contribution in [0.4, 0.5) is 10.5 Å². The molecular formula is C25H19BrN6O2S. The summed E-state index contributed by atoms with van der Waals surface area (Å²) >= 11 is 4.96. The second kappa shape index (κ2) is 10.6. The molecule has 35 heavy (non-hydrogen) atoms. The Hall–Kier alpha value is -3.89. The lowest BCUT2D eigenvalue weighted by molar-refractivity contribution is 0.252. The maximum atomic E-state index is 12.0. The minimum absolute atomic E-state index is 0.295. The highest BCUT2D eigenvalue weighted by atomic mass is 79.9. The number of nitrogens with zero attached hydrogens (tertiary/aromatic N) is 4. The molecule has 0 aliphatic rings. The van der Waals surface area contributed by atoms with Crippen molar-refractivity contribution in [3.63, 3.8) is 0 Å². The summed E-state index contributed by atoms with van der Waals surface area (Å²) in [7, 11) is 0. The monoisotopic (exact) mass is 546 g/mol. The number of amides is 2. The van der Waals surface area contributed by atoms with Crippen molar-refractivity contribution < 1.29 is 9.32 Å². The van der Waals surface area contributed by atoms with Crippen molar-refractivity contribution in [1.82, 2.24) is 25.4 Å². The first-order valence-electron chi connectivity index (χ1n) is 10.7. The lowest BCUT2D eigenvalue weighted by atomic mass is 10.1. The SMILES string of the molecule is O=C(NCCc1nc(-c2ccc(-c3csc(-c4ccncc4)n3)cc2)no1)Nc1ccc(Br)cc1. The van der Waals surface area contributed by atoms with Crippen LogP contribution in [0.3, 0.4) is 0 Å². The molecule has 2 N–H and O–H groups in total. The predicted octanol–water partition coefficient (Wildman–Crippen LogP) is 6.05. The fourth-order valence-corrected chi connectivity index (χ4v) is 4.39. The number of halogens is 1. The van der Waals surface area contributed by atoms with Crippen molar-refractivity contribution in [3.05, 3.63) is 88.8 Å². The van der Waals surface area contributed by atoms with Gasteiger partial charge in [0, 0.05) is 57.6 Å². The first kappa shape index (κ1) is 22.9. The van der Waals surface area contributed by atoms with Crippen molar-refractivity contribution in [2.45, 2.75) is 6.42 Å². The van der Waals surface area contributed by atoms with E-state index in [4.69, 9.17) is 9.51 Å². The van der Waals surface area contributed by atoms with Crippen LogP contribution in [0.5, 0.6) is 0 Å². The number of thiazole rings is 1. The van der Waals surface area contributed by atoms with E-state index in [0.717, 1.165) is 31.9 Å². The number of hydrogen-bond acceptors (Lipinski definition) is 7. The average molecular weight is 547 g/mol. The van der Waals surface area contributed by atoms with Crippen LogP contribution >= 0.6 is 27.3 Å². The number of hydrogen-bond donors (Lipinski definition) is 2. The van der Waals surface area contributed by atoms with Crippen LogP contribution in [0.2, 0.25) is 0 Å². The summed E-state index contributed by atoms with van der Waals surface area (Å²) in [6, 6.07) is 18.8. The van der Waals surface area contributed by atoms with Gasteiger partial charge in [0.2, 0.25) is 11.7 Å². The predicted molar refractivity (Wildman–Crippen MR) is 139 cm³/mol. The third kappa shape index (κ3) is 5.79. The van der Waals surface area contributed by atoms with E-state index < -0.39 is 0 Å². The number of carbonyl (C=O) groups is 1. The molecule has 2 aromatic carbocycles. The van der Waals surface area contributed by atoms with Gasteiger partial charge in [0.05, 0.1) is 5.69 Å². The number of rotatable bonds is 7. The Morgan fingerprint density at radius 3 is 2.43 bits per heavy atom. The molecule has 10 heteroatoms. The molecule has 5 aromatic rings. The number of carbonyl (C=O) groups excluding carboxylic acids is 1. The number of benzene rings is 2. The smallest absolute Gasteiger partial charge is 0.319 e. The van der Waals surface area contributed by atoms with E-state index in [1.54, 1.807) is 23.7 Å². The molecule has 0 saturated carbocycles. The zero-order chi connectivity index (χ0) is 24.0. The molecule has 3 aromatic heterocycles. The molecule has 174 valence electrons. The van der Waals surface area contributed by atoms with Crippen LogP contribution in [0.1, 0.15) is 5.89 Å². The van der Waals surface area contributed by atoms with Crippen molar-refractivity contribution in [2.75, 3.05) is 11.9 Å². The van der Waals surface area contributed by atoms with E-state index in [1.807, 2.05) is 66.0 Å². The molecule has 0 aliphatic heterocycles. The molecule has 2 amide bonds. The van der Waals surface area contributed by atoms with Gasteiger partial charge in [0.1, 0.15) is 5.01 Å². The summed E-state index contributed by atoms with van der Waals surface area (Å²) < 4.78 is 6.29. The van der Waals surface area contributed by atoms with Gasteiger partial charge in [0.15, 0.2) is 0 Å². The fraction of sp³-hybridized carbons (Fsp3) is 0.0800. The van der Waals surface area contributed by atoms with Gasteiger partial charge in [-0.3, -0.25) is 4.98 Å². The number of aromatic nitrogens is 4. The molecule has 0 radical (unpaired) electrons. The molecule has 5 rings (SSSR count). The van der Waals surface area contributed by atoms with E-state index in [2.05, 4.69) is 41.7 Å². The van der Waals surface area contributed by atoms with Gasteiger partial charge < -0.3 is 15.2 Å². The molecule has 0 bridgehead atoms. The summed E-state index contributed by atoms with van der Waals surface area (Å²) in [5.74, 6) is 0.955. The van der Waals surface area contributed by atoms with Gasteiger partial charge in [-0.05, 0) is 36.4 Å². The summed E-state index contributed by atoms with van der Waals surface area (Å²) in [4.78, 5) is 25.3. The molecule has 8 nitrogen and oxygen atoms in total. The van der Waals surface area contributed by atoms with Gasteiger partial charge in [-0.25, -0.2) is 9.78 Å².